The Morgan fingerprint density at radius 1 is 1.00 bits per heavy atom. The number of esters is 1. The quantitative estimate of drug-likeness (QED) is 0.203. The molecule has 0 aliphatic carbocycles. The molecule has 3 aromatic rings. The molecule has 0 aliphatic heterocycles. The number of ether oxygens (including phenoxy) is 3. The Balaban J connectivity index is 1.58. The van der Waals surface area contributed by atoms with E-state index in [1.54, 1.807) is 36.4 Å². The third kappa shape index (κ3) is 6.43. The molecule has 0 bridgehead atoms. The highest BCUT2D eigenvalue weighted by Crippen LogP contribution is 2.29. The van der Waals surface area contributed by atoms with Gasteiger partial charge < -0.3 is 14.2 Å². The van der Waals surface area contributed by atoms with Crippen LogP contribution in [0.2, 0.25) is 0 Å². The minimum atomic E-state index is -0.515. The number of nitrogens with zero attached hydrogens (tertiary/aromatic N) is 1. The molecule has 33 heavy (non-hydrogen) atoms. The third-order valence-electron chi connectivity index (χ3n) is 4.80. The lowest BCUT2D eigenvalue weighted by Gasteiger charge is -2.11. The van der Waals surface area contributed by atoms with Crippen molar-refractivity contribution in [1.82, 2.24) is 5.43 Å². The summed E-state index contributed by atoms with van der Waals surface area (Å²) in [5.41, 5.74) is 5.54. The zero-order valence-electron chi connectivity index (χ0n) is 18.4. The third-order valence-corrected chi connectivity index (χ3v) is 5.49. The number of halogens is 1. The van der Waals surface area contributed by atoms with E-state index in [1.807, 2.05) is 38.1 Å². The van der Waals surface area contributed by atoms with Crippen molar-refractivity contribution < 1.29 is 23.8 Å². The molecule has 1 amide bonds. The molecule has 1 N–H and O–H groups in total. The number of hydrogen-bond donors (Lipinski definition) is 1. The van der Waals surface area contributed by atoms with Crippen LogP contribution >= 0.6 is 15.9 Å². The van der Waals surface area contributed by atoms with Crippen LogP contribution in [0.3, 0.4) is 0 Å². The standard InChI is InChI=1S/C25H23BrN2O5/c1-16-7-6-10-21(17(16)2)32-15-24(29)28-27-14-18-11-12-22(23(13-18)31-3)33-25(30)19-8-4-5-9-20(19)26/h4-14H,15H2,1-3H3,(H,28,29)/b27-14+. The topological polar surface area (TPSA) is 86.2 Å². The molecular weight excluding hydrogens is 488 g/mol. The van der Waals surface area contributed by atoms with Crippen LogP contribution in [0.1, 0.15) is 27.0 Å². The van der Waals surface area contributed by atoms with E-state index < -0.39 is 11.9 Å². The van der Waals surface area contributed by atoms with Gasteiger partial charge in [-0.3, -0.25) is 4.79 Å². The van der Waals surface area contributed by atoms with Crippen LogP contribution in [0, 0.1) is 13.8 Å². The van der Waals surface area contributed by atoms with Crippen LogP contribution in [0.15, 0.2) is 70.2 Å². The second kappa shape index (κ2) is 11.3. The predicted molar refractivity (Wildman–Crippen MR) is 129 cm³/mol. The highest BCUT2D eigenvalue weighted by Gasteiger charge is 2.15. The summed E-state index contributed by atoms with van der Waals surface area (Å²) in [5, 5.41) is 3.94. The number of hydrazone groups is 1. The number of aryl methyl sites for hydroxylation is 1. The fraction of sp³-hybridized carbons (Fsp3) is 0.160. The van der Waals surface area contributed by atoms with Crippen LogP contribution < -0.4 is 19.6 Å². The maximum absolute atomic E-state index is 12.4. The van der Waals surface area contributed by atoms with Crippen LogP contribution in [0.5, 0.6) is 17.2 Å². The number of benzene rings is 3. The van der Waals surface area contributed by atoms with E-state index in [2.05, 4.69) is 26.5 Å². The van der Waals surface area contributed by atoms with Gasteiger partial charge >= 0.3 is 5.97 Å². The maximum atomic E-state index is 12.4. The summed E-state index contributed by atoms with van der Waals surface area (Å²) in [6.07, 6.45) is 1.46. The first-order valence-electron chi connectivity index (χ1n) is 10.0. The second-order valence-electron chi connectivity index (χ2n) is 7.06. The summed E-state index contributed by atoms with van der Waals surface area (Å²) in [5.74, 6) is 0.369. The first-order chi connectivity index (χ1) is 15.9. The lowest BCUT2D eigenvalue weighted by atomic mass is 10.1. The molecule has 0 atom stereocenters. The molecule has 8 heteroatoms. The van der Waals surface area contributed by atoms with Crippen molar-refractivity contribution in [2.24, 2.45) is 5.10 Å². The Labute approximate surface area is 200 Å². The number of amides is 1. The molecular formula is C25H23BrN2O5. The van der Waals surface area contributed by atoms with Crippen molar-refractivity contribution in [1.29, 1.82) is 0 Å². The molecule has 0 unspecified atom stereocenters. The van der Waals surface area contributed by atoms with Gasteiger partial charge in [0, 0.05) is 4.47 Å². The normalized spacial score (nSPS) is 10.7. The first kappa shape index (κ1) is 24.0. The lowest BCUT2D eigenvalue weighted by molar-refractivity contribution is -0.123. The average molecular weight is 511 g/mol. The van der Waals surface area contributed by atoms with Gasteiger partial charge in [-0.1, -0.05) is 24.3 Å². The van der Waals surface area contributed by atoms with Gasteiger partial charge in [-0.25, -0.2) is 10.2 Å². The monoisotopic (exact) mass is 510 g/mol. The fourth-order valence-corrected chi connectivity index (χ4v) is 3.31. The minimum Gasteiger partial charge on any atom is -0.493 e. The van der Waals surface area contributed by atoms with Gasteiger partial charge in [0.05, 0.1) is 18.9 Å². The first-order valence-corrected chi connectivity index (χ1v) is 10.8. The van der Waals surface area contributed by atoms with Gasteiger partial charge in [0.15, 0.2) is 18.1 Å². The summed E-state index contributed by atoms with van der Waals surface area (Å²) in [6, 6.07) is 17.6. The zero-order chi connectivity index (χ0) is 23.8. The summed E-state index contributed by atoms with van der Waals surface area (Å²) in [4.78, 5) is 24.5. The smallest absolute Gasteiger partial charge is 0.344 e. The Morgan fingerprint density at radius 2 is 1.79 bits per heavy atom. The van der Waals surface area contributed by atoms with Crippen molar-refractivity contribution in [3.05, 3.63) is 87.4 Å². The van der Waals surface area contributed by atoms with Crippen molar-refractivity contribution in [3.63, 3.8) is 0 Å². The van der Waals surface area contributed by atoms with Gasteiger partial charge in [0.2, 0.25) is 0 Å². The Kier molecular flexibility index (Phi) is 8.21. The molecule has 0 saturated carbocycles. The average Bonchev–Trinajstić information content (AvgIpc) is 2.81. The molecule has 0 fully saturated rings. The van der Waals surface area contributed by atoms with Crippen molar-refractivity contribution >= 4 is 34.0 Å². The van der Waals surface area contributed by atoms with Gasteiger partial charge in [-0.15, -0.1) is 0 Å². The minimum absolute atomic E-state index is 0.158. The molecule has 0 saturated heterocycles. The Morgan fingerprint density at radius 3 is 2.55 bits per heavy atom. The number of methoxy groups -OCH3 is 1. The van der Waals surface area contributed by atoms with Gasteiger partial charge in [-0.05, 0) is 82.9 Å². The Bertz CT molecular complexity index is 1190. The largest absolute Gasteiger partial charge is 0.493 e. The summed E-state index contributed by atoms with van der Waals surface area (Å²) in [6.45, 7) is 3.76. The van der Waals surface area contributed by atoms with Crippen molar-refractivity contribution in [2.45, 2.75) is 13.8 Å². The number of rotatable bonds is 8. The lowest BCUT2D eigenvalue weighted by Crippen LogP contribution is -2.24. The molecule has 0 aliphatic rings. The van der Waals surface area contributed by atoms with Crippen molar-refractivity contribution in [3.8, 4) is 17.2 Å². The van der Waals surface area contributed by atoms with Gasteiger partial charge in [0.25, 0.3) is 5.91 Å². The predicted octanol–water partition coefficient (Wildman–Crippen LogP) is 4.82. The van der Waals surface area contributed by atoms with E-state index in [0.29, 0.717) is 27.1 Å². The van der Waals surface area contributed by atoms with Crippen LogP contribution in [0.4, 0.5) is 0 Å². The van der Waals surface area contributed by atoms with E-state index in [9.17, 15) is 9.59 Å². The molecule has 3 rings (SSSR count). The number of hydrogen-bond acceptors (Lipinski definition) is 6. The van der Waals surface area contributed by atoms with Gasteiger partial charge in [-0.2, -0.15) is 5.10 Å². The second-order valence-corrected chi connectivity index (χ2v) is 7.91. The number of carbonyl (C=O) groups excluding carboxylic acids is 2. The van der Waals surface area contributed by atoms with Crippen molar-refractivity contribution in [2.75, 3.05) is 13.7 Å². The van der Waals surface area contributed by atoms with Gasteiger partial charge in [0.1, 0.15) is 5.75 Å². The summed E-state index contributed by atoms with van der Waals surface area (Å²) >= 11 is 3.34. The van der Waals surface area contributed by atoms with E-state index in [4.69, 9.17) is 14.2 Å². The highest BCUT2D eigenvalue weighted by molar-refractivity contribution is 9.10. The fourth-order valence-electron chi connectivity index (χ4n) is 2.87. The SMILES string of the molecule is COc1cc(/C=N/NC(=O)COc2cccc(C)c2C)ccc1OC(=O)c1ccccc1Br. The number of nitrogens with one attached hydrogen (secondary N) is 1. The molecule has 0 radical (unpaired) electrons. The van der Waals surface area contributed by atoms with E-state index in [0.717, 1.165) is 11.1 Å². The molecule has 7 nitrogen and oxygen atoms in total. The van der Waals surface area contributed by atoms with E-state index >= 15 is 0 Å². The van der Waals surface area contributed by atoms with Crippen LogP contribution in [0.25, 0.3) is 0 Å². The summed E-state index contributed by atoms with van der Waals surface area (Å²) in [7, 11) is 1.47. The van der Waals surface area contributed by atoms with E-state index in [-0.39, 0.29) is 12.4 Å². The number of carbonyl (C=O) groups is 2. The highest BCUT2D eigenvalue weighted by atomic mass is 79.9. The Hall–Kier alpha value is -3.65. The molecule has 170 valence electrons. The summed E-state index contributed by atoms with van der Waals surface area (Å²) < 4.78 is 17.0. The zero-order valence-corrected chi connectivity index (χ0v) is 20.0. The molecule has 0 spiro atoms. The molecule has 0 aromatic heterocycles. The maximum Gasteiger partial charge on any atom is 0.344 e. The molecule has 3 aromatic carbocycles. The van der Waals surface area contributed by atoms with Crippen LogP contribution in [-0.4, -0.2) is 31.8 Å². The molecule has 0 heterocycles. The van der Waals surface area contributed by atoms with Crippen LogP contribution in [-0.2, 0) is 4.79 Å². The van der Waals surface area contributed by atoms with E-state index in [1.165, 1.54) is 13.3 Å².